The predicted molar refractivity (Wildman–Crippen MR) is 76.6 cm³/mol. The van der Waals surface area contributed by atoms with Crippen molar-refractivity contribution in [1.29, 1.82) is 0 Å². The van der Waals surface area contributed by atoms with Gasteiger partial charge in [0.2, 0.25) is 0 Å². The first-order valence-electron chi connectivity index (χ1n) is 5.86. The van der Waals surface area contributed by atoms with Crippen LogP contribution in [0.25, 0.3) is 0 Å². The maximum Gasteiger partial charge on any atom is 0.250 e. The fourth-order valence-corrected chi connectivity index (χ4v) is 2.17. The Balaban J connectivity index is 1.80. The molecule has 1 aromatic heterocycles. The Kier molecular flexibility index (Phi) is 4.73. The van der Waals surface area contributed by atoms with Crippen molar-refractivity contribution in [1.82, 2.24) is 9.88 Å². The molecule has 1 heterocycles. The van der Waals surface area contributed by atoms with E-state index in [0.29, 0.717) is 6.54 Å². The SMILES string of the molecule is O=c1ccccn1CCNCc1cccc(Br)c1. The van der Waals surface area contributed by atoms with E-state index < -0.39 is 0 Å². The fraction of sp³-hybridized carbons (Fsp3) is 0.214. The van der Waals surface area contributed by atoms with Crippen LogP contribution in [-0.2, 0) is 13.1 Å². The minimum atomic E-state index is 0.0433. The maximum absolute atomic E-state index is 11.5. The summed E-state index contributed by atoms with van der Waals surface area (Å²) in [7, 11) is 0. The molecule has 0 aliphatic heterocycles. The largest absolute Gasteiger partial charge is 0.314 e. The molecule has 0 bridgehead atoms. The summed E-state index contributed by atoms with van der Waals surface area (Å²) in [4.78, 5) is 11.5. The van der Waals surface area contributed by atoms with Gasteiger partial charge in [-0.2, -0.15) is 0 Å². The van der Waals surface area contributed by atoms with Gasteiger partial charge in [-0.1, -0.05) is 34.1 Å². The van der Waals surface area contributed by atoms with Gasteiger partial charge >= 0.3 is 0 Å². The molecule has 0 atom stereocenters. The van der Waals surface area contributed by atoms with Crippen molar-refractivity contribution >= 4 is 15.9 Å². The second-order valence-corrected chi connectivity index (χ2v) is 4.95. The monoisotopic (exact) mass is 306 g/mol. The number of hydrogen-bond donors (Lipinski definition) is 1. The van der Waals surface area contributed by atoms with Crippen LogP contribution in [0, 0.1) is 0 Å². The quantitative estimate of drug-likeness (QED) is 0.861. The number of hydrogen-bond acceptors (Lipinski definition) is 2. The van der Waals surface area contributed by atoms with E-state index in [1.165, 1.54) is 5.56 Å². The zero-order valence-corrected chi connectivity index (χ0v) is 11.6. The molecule has 0 saturated heterocycles. The lowest BCUT2D eigenvalue weighted by Crippen LogP contribution is -2.25. The first-order chi connectivity index (χ1) is 8.75. The summed E-state index contributed by atoms with van der Waals surface area (Å²) in [6.45, 7) is 2.27. The van der Waals surface area contributed by atoms with Gasteiger partial charge in [-0.15, -0.1) is 0 Å². The van der Waals surface area contributed by atoms with Crippen molar-refractivity contribution in [2.24, 2.45) is 0 Å². The Morgan fingerprint density at radius 3 is 2.83 bits per heavy atom. The highest BCUT2D eigenvalue weighted by Gasteiger charge is 1.95. The molecule has 0 saturated carbocycles. The Morgan fingerprint density at radius 2 is 2.06 bits per heavy atom. The van der Waals surface area contributed by atoms with E-state index in [9.17, 15) is 4.79 Å². The van der Waals surface area contributed by atoms with Crippen molar-refractivity contribution in [3.63, 3.8) is 0 Å². The van der Waals surface area contributed by atoms with Crippen LogP contribution < -0.4 is 10.9 Å². The topological polar surface area (TPSA) is 34.0 Å². The van der Waals surface area contributed by atoms with Gasteiger partial charge in [0, 0.05) is 36.4 Å². The number of nitrogens with zero attached hydrogens (tertiary/aromatic N) is 1. The molecule has 2 aromatic rings. The standard InChI is InChI=1S/C14H15BrN2O/c15-13-5-3-4-12(10-13)11-16-7-9-17-8-2-1-6-14(17)18/h1-6,8,10,16H,7,9,11H2. The third-order valence-corrected chi connectivity index (χ3v) is 3.14. The van der Waals surface area contributed by atoms with Crippen molar-refractivity contribution in [3.05, 3.63) is 69.1 Å². The van der Waals surface area contributed by atoms with E-state index in [1.54, 1.807) is 16.7 Å². The highest BCUT2D eigenvalue weighted by Crippen LogP contribution is 2.11. The Hall–Kier alpha value is -1.39. The third-order valence-electron chi connectivity index (χ3n) is 2.65. The van der Waals surface area contributed by atoms with Crippen molar-refractivity contribution < 1.29 is 0 Å². The molecule has 0 spiro atoms. The van der Waals surface area contributed by atoms with Crippen LogP contribution in [0.5, 0.6) is 0 Å². The summed E-state index contributed by atoms with van der Waals surface area (Å²) in [5.41, 5.74) is 1.27. The first kappa shape index (κ1) is 13.1. The van der Waals surface area contributed by atoms with Gasteiger partial charge in [-0.05, 0) is 23.8 Å². The number of nitrogens with one attached hydrogen (secondary N) is 1. The van der Waals surface area contributed by atoms with Crippen LogP contribution in [0.3, 0.4) is 0 Å². The molecule has 0 aliphatic rings. The van der Waals surface area contributed by atoms with Crippen LogP contribution in [0.2, 0.25) is 0 Å². The lowest BCUT2D eigenvalue weighted by Gasteiger charge is -2.07. The molecule has 0 radical (unpaired) electrons. The molecule has 3 nitrogen and oxygen atoms in total. The average Bonchev–Trinajstić information content (AvgIpc) is 2.37. The molecule has 0 aliphatic carbocycles. The summed E-state index contributed by atoms with van der Waals surface area (Å²) in [6.07, 6.45) is 1.81. The molecule has 0 fully saturated rings. The number of halogens is 1. The Labute approximate surface area is 115 Å². The van der Waals surface area contributed by atoms with Crippen LogP contribution in [0.4, 0.5) is 0 Å². The molecule has 0 unspecified atom stereocenters. The average molecular weight is 307 g/mol. The van der Waals surface area contributed by atoms with Crippen molar-refractivity contribution in [3.8, 4) is 0 Å². The molecule has 4 heteroatoms. The first-order valence-corrected chi connectivity index (χ1v) is 6.65. The van der Waals surface area contributed by atoms with Gasteiger partial charge in [0.05, 0.1) is 0 Å². The van der Waals surface area contributed by atoms with Gasteiger partial charge in [-0.25, -0.2) is 0 Å². The third kappa shape index (κ3) is 3.82. The summed E-state index contributed by atoms with van der Waals surface area (Å²) in [6, 6.07) is 13.4. The van der Waals surface area contributed by atoms with Gasteiger partial charge in [0.15, 0.2) is 0 Å². The second-order valence-electron chi connectivity index (χ2n) is 4.04. The number of benzene rings is 1. The minimum Gasteiger partial charge on any atom is -0.314 e. The maximum atomic E-state index is 11.5. The van der Waals surface area contributed by atoms with Gasteiger partial charge in [0.1, 0.15) is 0 Å². The van der Waals surface area contributed by atoms with E-state index >= 15 is 0 Å². The Morgan fingerprint density at radius 1 is 1.17 bits per heavy atom. The number of rotatable bonds is 5. The van der Waals surface area contributed by atoms with Crippen LogP contribution in [0.15, 0.2) is 57.9 Å². The molecular formula is C14H15BrN2O. The highest BCUT2D eigenvalue weighted by molar-refractivity contribution is 9.10. The smallest absolute Gasteiger partial charge is 0.250 e. The van der Waals surface area contributed by atoms with E-state index in [-0.39, 0.29) is 5.56 Å². The van der Waals surface area contributed by atoms with Gasteiger partial charge < -0.3 is 9.88 Å². The van der Waals surface area contributed by atoms with Crippen LogP contribution in [-0.4, -0.2) is 11.1 Å². The van der Waals surface area contributed by atoms with Gasteiger partial charge in [0.25, 0.3) is 5.56 Å². The lowest BCUT2D eigenvalue weighted by atomic mass is 10.2. The fourth-order valence-electron chi connectivity index (χ4n) is 1.72. The zero-order valence-electron chi connectivity index (χ0n) is 9.97. The van der Waals surface area contributed by atoms with E-state index in [2.05, 4.69) is 33.4 Å². The molecule has 1 N–H and O–H groups in total. The molecule has 18 heavy (non-hydrogen) atoms. The molecule has 0 amide bonds. The van der Waals surface area contributed by atoms with Crippen molar-refractivity contribution in [2.75, 3.05) is 6.54 Å². The number of pyridine rings is 1. The summed E-state index contributed by atoms with van der Waals surface area (Å²) in [5, 5.41) is 3.32. The highest BCUT2D eigenvalue weighted by atomic mass is 79.9. The molecule has 2 rings (SSSR count). The van der Waals surface area contributed by atoms with Crippen LogP contribution in [0.1, 0.15) is 5.56 Å². The molecular weight excluding hydrogens is 292 g/mol. The zero-order chi connectivity index (χ0) is 12.8. The summed E-state index contributed by atoms with van der Waals surface area (Å²) in [5.74, 6) is 0. The minimum absolute atomic E-state index is 0.0433. The summed E-state index contributed by atoms with van der Waals surface area (Å²) >= 11 is 3.44. The molecule has 1 aromatic carbocycles. The van der Waals surface area contributed by atoms with E-state index in [1.807, 2.05) is 24.4 Å². The van der Waals surface area contributed by atoms with Crippen molar-refractivity contribution in [2.45, 2.75) is 13.1 Å². The normalized spacial score (nSPS) is 10.5. The second kappa shape index (κ2) is 6.52. The molecule has 94 valence electrons. The predicted octanol–water partition coefficient (Wildman–Crippen LogP) is 2.40. The lowest BCUT2D eigenvalue weighted by molar-refractivity contribution is 0.585. The summed E-state index contributed by atoms with van der Waals surface area (Å²) < 4.78 is 2.79. The van der Waals surface area contributed by atoms with Gasteiger partial charge in [-0.3, -0.25) is 4.79 Å². The Bertz CT molecular complexity index is 565. The van der Waals surface area contributed by atoms with Crippen LogP contribution >= 0.6 is 15.9 Å². The van der Waals surface area contributed by atoms with E-state index in [4.69, 9.17) is 0 Å². The van der Waals surface area contributed by atoms with E-state index in [0.717, 1.165) is 17.6 Å². The number of aromatic nitrogens is 1.